The predicted molar refractivity (Wildman–Crippen MR) is 152 cm³/mol. The van der Waals surface area contributed by atoms with Gasteiger partial charge in [-0.2, -0.15) is 0 Å². The van der Waals surface area contributed by atoms with Gasteiger partial charge in [0.1, 0.15) is 10.6 Å². The Kier molecular flexibility index (Phi) is 6.57. The zero-order valence-corrected chi connectivity index (χ0v) is 22.8. The molecule has 1 atom stereocenters. The molecule has 1 amide bonds. The first-order chi connectivity index (χ1) is 18.4. The summed E-state index contributed by atoms with van der Waals surface area (Å²) in [4.78, 5) is 48.5. The zero-order chi connectivity index (χ0) is 26.4. The third-order valence-corrected chi connectivity index (χ3v) is 9.10. The van der Waals surface area contributed by atoms with Crippen LogP contribution in [0.2, 0.25) is 0 Å². The molecule has 0 bridgehead atoms. The number of fused-ring (bicyclic) bond motifs is 3. The number of thioether (sulfide) groups is 1. The number of nitrogens with one attached hydrogen (secondary N) is 1. The number of H-pyrrole nitrogens is 1. The molecule has 6 rings (SSSR count). The third kappa shape index (κ3) is 4.43. The molecule has 1 aliphatic carbocycles. The summed E-state index contributed by atoms with van der Waals surface area (Å²) in [5.74, 6) is 0.343. The first-order valence-corrected chi connectivity index (χ1v) is 14.6. The van der Waals surface area contributed by atoms with E-state index in [1.807, 2.05) is 12.3 Å². The number of Topliss-reactive ketones (excluding diaryl/α,β-unsaturated/α-hetero) is 1. The van der Waals surface area contributed by atoms with Crippen LogP contribution in [0.3, 0.4) is 0 Å². The van der Waals surface area contributed by atoms with Gasteiger partial charge in [-0.3, -0.25) is 14.4 Å². The molecule has 0 fully saturated rings. The largest absolute Gasteiger partial charge is 0.482 e. The summed E-state index contributed by atoms with van der Waals surface area (Å²) in [5.41, 5.74) is 5.61. The van der Waals surface area contributed by atoms with Gasteiger partial charge >= 0.3 is 0 Å². The fourth-order valence-corrected chi connectivity index (χ4v) is 7.14. The summed E-state index contributed by atoms with van der Waals surface area (Å²) in [6.07, 6.45) is 4.63. The van der Waals surface area contributed by atoms with Crippen LogP contribution in [0, 0.1) is 0 Å². The van der Waals surface area contributed by atoms with Crippen molar-refractivity contribution in [3.8, 4) is 16.9 Å². The van der Waals surface area contributed by atoms with Crippen molar-refractivity contribution in [3.05, 3.63) is 68.8 Å². The summed E-state index contributed by atoms with van der Waals surface area (Å²) in [5, 5.41) is 2.50. The third-order valence-electron chi connectivity index (χ3n) is 7.24. The number of hydrogen-bond donors (Lipinski definition) is 1. The molecule has 1 unspecified atom stereocenters. The van der Waals surface area contributed by atoms with E-state index in [1.165, 1.54) is 47.1 Å². The highest BCUT2D eigenvalue weighted by Gasteiger charge is 2.27. The number of aromatic amines is 1. The molecule has 2 aromatic heterocycles. The second-order valence-electron chi connectivity index (χ2n) is 9.62. The second kappa shape index (κ2) is 10.0. The van der Waals surface area contributed by atoms with Gasteiger partial charge in [0.05, 0.1) is 16.3 Å². The minimum atomic E-state index is -0.496. The molecule has 2 aromatic carbocycles. The number of carbonyl (C=O) groups excluding carboxylic acids is 2. The number of aryl methyl sites for hydroxylation is 2. The van der Waals surface area contributed by atoms with Crippen molar-refractivity contribution >= 4 is 50.7 Å². The number of nitrogens with zero attached hydrogens (tertiary/aromatic N) is 2. The van der Waals surface area contributed by atoms with E-state index in [1.54, 1.807) is 30.0 Å². The Morgan fingerprint density at radius 1 is 1.16 bits per heavy atom. The number of rotatable bonds is 6. The summed E-state index contributed by atoms with van der Waals surface area (Å²) >= 11 is 2.67. The van der Waals surface area contributed by atoms with Crippen LogP contribution in [0.15, 0.2) is 51.7 Å². The molecule has 0 saturated heterocycles. The maximum absolute atomic E-state index is 13.3. The molecule has 0 radical (unpaired) electrons. The van der Waals surface area contributed by atoms with Gasteiger partial charge in [0.25, 0.3) is 11.5 Å². The van der Waals surface area contributed by atoms with E-state index in [-0.39, 0.29) is 23.9 Å². The Morgan fingerprint density at radius 3 is 2.79 bits per heavy atom. The molecule has 9 heteroatoms. The van der Waals surface area contributed by atoms with Crippen molar-refractivity contribution in [2.45, 2.75) is 49.9 Å². The Hall–Kier alpha value is -3.43. The maximum atomic E-state index is 13.3. The van der Waals surface area contributed by atoms with Gasteiger partial charge in [0.2, 0.25) is 0 Å². The van der Waals surface area contributed by atoms with Gasteiger partial charge in [-0.05, 0) is 74.4 Å². The topological polar surface area (TPSA) is 92.4 Å². The number of anilines is 1. The highest BCUT2D eigenvalue weighted by Crippen LogP contribution is 2.36. The fraction of sp³-hybridized carbons (Fsp3) is 0.310. The molecule has 2 aliphatic rings. The predicted octanol–water partition coefficient (Wildman–Crippen LogP) is 5.64. The standard InChI is InChI=1S/C29H27N3O4S2/c1-3-32-22-13-20(10-11-23(22)36-14-24(32)33)26(34)16(2)38-29-30-27(35)25-21(15-37-28(25)31-29)19-9-8-17-6-4-5-7-18(17)12-19/h8-13,15-16H,3-7,14H2,1-2H3,(H,30,31,35). The van der Waals surface area contributed by atoms with Crippen LogP contribution in [0.25, 0.3) is 21.3 Å². The average molecular weight is 546 g/mol. The van der Waals surface area contributed by atoms with Crippen LogP contribution < -0.4 is 15.2 Å². The number of amides is 1. The SMILES string of the molecule is CCN1C(=O)COc2ccc(C(=O)C(C)Sc3nc4scc(-c5ccc6c(c5)CCCC6)c4c(=O)[nH]3)cc21. The molecule has 7 nitrogen and oxygen atoms in total. The van der Waals surface area contributed by atoms with Crippen molar-refractivity contribution in [2.75, 3.05) is 18.1 Å². The molecule has 0 spiro atoms. The number of likely N-dealkylation sites (N-methyl/N-ethyl adjacent to an activating group) is 1. The van der Waals surface area contributed by atoms with Crippen molar-refractivity contribution in [1.29, 1.82) is 0 Å². The van der Waals surface area contributed by atoms with E-state index in [4.69, 9.17) is 9.72 Å². The average Bonchev–Trinajstić information content (AvgIpc) is 3.36. The number of carbonyl (C=O) groups is 2. The lowest BCUT2D eigenvalue weighted by Crippen LogP contribution is -2.38. The summed E-state index contributed by atoms with van der Waals surface area (Å²) in [6, 6.07) is 11.7. The number of thiophene rings is 1. The maximum Gasteiger partial charge on any atom is 0.265 e. The van der Waals surface area contributed by atoms with Gasteiger partial charge in [0, 0.05) is 23.1 Å². The van der Waals surface area contributed by atoms with E-state index in [9.17, 15) is 14.4 Å². The van der Waals surface area contributed by atoms with E-state index in [0.717, 1.165) is 24.0 Å². The van der Waals surface area contributed by atoms with Crippen LogP contribution in [0.4, 0.5) is 5.69 Å². The summed E-state index contributed by atoms with van der Waals surface area (Å²) < 4.78 is 5.52. The number of ether oxygens (including phenoxy) is 1. The number of benzene rings is 2. The number of hydrogen-bond acceptors (Lipinski definition) is 7. The molecule has 0 saturated carbocycles. The van der Waals surface area contributed by atoms with Gasteiger partial charge in [-0.15, -0.1) is 11.3 Å². The molecular formula is C29H27N3O4S2. The van der Waals surface area contributed by atoms with Crippen LogP contribution in [0.1, 0.15) is 48.2 Å². The molecule has 38 heavy (non-hydrogen) atoms. The molecule has 4 aromatic rings. The first-order valence-electron chi connectivity index (χ1n) is 12.8. The van der Waals surface area contributed by atoms with Crippen molar-refractivity contribution < 1.29 is 14.3 Å². The minimum absolute atomic E-state index is 0.00119. The van der Waals surface area contributed by atoms with E-state index >= 15 is 0 Å². The molecule has 1 N–H and O–H groups in total. The first kappa shape index (κ1) is 24.9. The molecule has 1 aliphatic heterocycles. The van der Waals surface area contributed by atoms with E-state index in [2.05, 4.69) is 23.2 Å². The Labute approximate surface area is 228 Å². The highest BCUT2D eigenvalue weighted by atomic mass is 32.2. The number of ketones is 1. The van der Waals surface area contributed by atoms with Gasteiger partial charge in [0.15, 0.2) is 17.5 Å². The van der Waals surface area contributed by atoms with Crippen LogP contribution in [0.5, 0.6) is 5.75 Å². The molecular weight excluding hydrogens is 518 g/mol. The van der Waals surface area contributed by atoms with E-state index in [0.29, 0.717) is 38.9 Å². The zero-order valence-electron chi connectivity index (χ0n) is 21.2. The summed E-state index contributed by atoms with van der Waals surface area (Å²) in [7, 11) is 0. The van der Waals surface area contributed by atoms with Gasteiger partial charge < -0.3 is 14.6 Å². The minimum Gasteiger partial charge on any atom is -0.482 e. The van der Waals surface area contributed by atoms with Gasteiger partial charge in [-0.1, -0.05) is 30.0 Å². The highest BCUT2D eigenvalue weighted by molar-refractivity contribution is 8.00. The van der Waals surface area contributed by atoms with Crippen molar-refractivity contribution in [2.24, 2.45) is 0 Å². The monoisotopic (exact) mass is 545 g/mol. The van der Waals surface area contributed by atoms with Crippen molar-refractivity contribution in [1.82, 2.24) is 9.97 Å². The molecule has 194 valence electrons. The lowest BCUT2D eigenvalue weighted by Gasteiger charge is -2.28. The van der Waals surface area contributed by atoms with Crippen LogP contribution in [-0.2, 0) is 17.6 Å². The Morgan fingerprint density at radius 2 is 1.97 bits per heavy atom. The Balaban J connectivity index is 1.25. The summed E-state index contributed by atoms with van der Waals surface area (Å²) in [6.45, 7) is 4.18. The van der Waals surface area contributed by atoms with E-state index < -0.39 is 5.25 Å². The molecule has 3 heterocycles. The quantitative estimate of drug-likeness (QED) is 0.192. The second-order valence-corrected chi connectivity index (χ2v) is 11.8. The smallest absolute Gasteiger partial charge is 0.265 e. The normalized spacial score (nSPS) is 15.6. The van der Waals surface area contributed by atoms with Crippen molar-refractivity contribution in [3.63, 3.8) is 0 Å². The lowest BCUT2D eigenvalue weighted by molar-refractivity contribution is -0.121. The van der Waals surface area contributed by atoms with Crippen LogP contribution in [-0.4, -0.2) is 40.1 Å². The van der Waals surface area contributed by atoms with Crippen LogP contribution >= 0.6 is 23.1 Å². The fourth-order valence-electron chi connectivity index (χ4n) is 5.26. The Bertz CT molecular complexity index is 1640. The lowest BCUT2D eigenvalue weighted by atomic mass is 9.89. The number of aromatic nitrogens is 2. The van der Waals surface area contributed by atoms with Gasteiger partial charge in [-0.25, -0.2) is 4.98 Å².